The third-order valence-electron chi connectivity index (χ3n) is 3.69. The highest BCUT2D eigenvalue weighted by Gasteiger charge is 2.18. The minimum atomic E-state index is -0.339. The van der Waals surface area contributed by atoms with E-state index in [0.717, 1.165) is 23.2 Å². The maximum Gasteiger partial charge on any atom is 0.355 e. The summed E-state index contributed by atoms with van der Waals surface area (Å²) in [6.45, 7) is 9.96. The molecule has 1 aromatic rings. The summed E-state index contributed by atoms with van der Waals surface area (Å²) < 4.78 is 5.02. The molecule has 0 aliphatic carbocycles. The van der Waals surface area contributed by atoms with Gasteiger partial charge in [-0.2, -0.15) is 0 Å². The van der Waals surface area contributed by atoms with Crippen LogP contribution in [0.3, 0.4) is 0 Å². The lowest BCUT2D eigenvalue weighted by atomic mass is 10.0. The van der Waals surface area contributed by atoms with Crippen LogP contribution in [0.1, 0.15) is 60.9 Å². The predicted octanol–water partition coefficient (Wildman–Crippen LogP) is 2.66. The Morgan fingerprint density at radius 2 is 1.95 bits per heavy atom. The first-order valence-corrected chi connectivity index (χ1v) is 7.55. The lowest BCUT2D eigenvalue weighted by molar-refractivity contribution is -0.121. The van der Waals surface area contributed by atoms with Crippen LogP contribution in [0.4, 0.5) is 0 Å². The Hall–Kier alpha value is -1.78. The van der Waals surface area contributed by atoms with Crippen molar-refractivity contribution in [3.63, 3.8) is 0 Å². The number of H-pyrrole nitrogens is 1. The van der Waals surface area contributed by atoms with Crippen molar-refractivity contribution in [2.75, 3.05) is 6.61 Å². The molecule has 0 aromatic carbocycles. The summed E-state index contributed by atoms with van der Waals surface area (Å²) in [6, 6.07) is 0.195. The van der Waals surface area contributed by atoms with Crippen LogP contribution in [0.2, 0.25) is 0 Å². The van der Waals surface area contributed by atoms with E-state index in [1.807, 2.05) is 27.7 Å². The molecule has 0 radical (unpaired) electrons. The quantitative estimate of drug-likeness (QED) is 0.759. The molecule has 1 heterocycles. The minimum Gasteiger partial charge on any atom is -0.461 e. The van der Waals surface area contributed by atoms with Crippen LogP contribution in [-0.4, -0.2) is 29.5 Å². The highest BCUT2D eigenvalue weighted by atomic mass is 16.5. The Bertz CT molecular complexity index is 506. The fraction of sp³-hybridized carbons (Fsp3) is 0.625. The van der Waals surface area contributed by atoms with Crippen molar-refractivity contribution in [1.29, 1.82) is 0 Å². The number of aryl methyl sites for hydroxylation is 1. The SMILES string of the molecule is CCOC(=O)c1[nH]c(C)c(CCC(=O)NC(C)CC)c1C. The van der Waals surface area contributed by atoms with Crippen LogP contribution in [-0.2, 0) is 16.0 Å². The Balaban J connectivity index is 2.72. The van der Waals surface area contributed by atoms with Gasteiger partial charge < -0.3 is 15.0 Å². The minimum absolute atomic E-state index is 0.0436. The molecule has 0 aliphatic heterocycles. The number of ether oxygens (including phenoxy) is 1. The van der Waals surface area contributed by atoms with Gasteiger partial charge in [0.25, 0.3) is 0 Å². The van der Waals surface area contributed by atoms with E-state index >= 15 is 0 Å². The van der Waals surface area contributed by atoms with Gasteiger partial charge in [0, 0.05) is 18.2 Å². The molecular weight excluding hydrogens is 268 g/mol. The third kappa shape index (κ3) is 4.62. The van der Waals surface area contributed by atoms with E-state index in [-0.39, 0.29) is 17.9 Å². The number of esters is 1. The number of carbonyl (C=O) groups is 2. The van der Waals surface area contributed by atoms with Crippen molar-refractivity contribution in [3.05, 3.63) is 22.5 Å². The van der Waals surface area contributed by atoms with Crippen LogP contribution in [0.15, 0.2) is 0 Å². The van der Waals surface area contributed by atoms with Gasteiger partial charge in [0.2, 0.25) is 5.91 Å². The largest absolute Gasteiger partial charge is 0.461 e. The molecular formula is C16H26N2O3. The molecule has 0 saturated heterocycles. The van der Waals surface area contributed by atoms with E-state index in [1.165, 1.54) is 0 Å². The molecule has 1 rings (SSSR count). The van der Waals surface area contributed by atoms with Gasteiger partial charge in [-0.3, -0.25) is 4.79 Å². The first-order chi connectivity index (χ1) is 9.90. The Labute approximate surface area is 126 Å². The summed E-state index contributed by atoms with van der Waals surface area (Å²) in [5.41, 5.74) is 3.32. The average molecular weight is 294 g/mol. The number of aromatic nitrogens is 1. The Morgan fingerprint density at radius 1 is 1.29 bits per heavy atom. The Kier molecular flexibility index (Phi) is 6.46. The van der Waals surface area contributed by atoms with Gasteiger partial charge in [0.15, 0.2) is 0 Å². The van der Waals surface area contributed by atoms with Gasteiger partial charge in [0.05, 0.1) is 6.61 Å². The molecule has 0 fully saturated rings. The molecule has 0 spiro atoms. The summed E-state index contributed by atoms with van der Waals surface area (Å²) in [6.07, 6.45) is 1.96. The van der Waals surface area contributed by atoms with Gasteiger partial charge >= 0.3 is 5.97 Å². The number of amides is 1. The van der Waals surface area contributed by atoms with Crippen molar-refractivity contribution in [2.24, 2.45) is 0 Å². The molecule has 0 aliphatic rings. The van der Waals surface area contributed by atoms with Crippen molar-refractivity contribution in [3.8, 4) is 0 Å². The number of hydrogen-bond acceptors (Lipinski definition) is 3. The second-order valence-electron chi connectivity index (χ2n) is 5.33. The van der Waals surface area contributed by atoms with Crippen molar-refractivity contribution in [2.45, 2.75) is 59.9 Å². The summed E-state index contributed by atoms with van der Waals surface area (Å²) in [5, 5.41) is 2.95. The standard InChI is InChI=1S/C16H26N2O3/c1-6-10(3)17-14(19)9-8-13-11(4)15(18-12(13)5)16(20)21-7-2/h10,18H,6-9H2,1-5H3,(H,17,19). The fourth-order valence-electron chi connectivity index (χ4n) is 2.26. The molecule has 0 bridgehead atoms. The van der Waals surface area contributed by atoms with E-state index < -0.39 is 0 Å². The number of carbonyl (C=O) groups excluding carboxylic acids is 2. The van der Waals surface area contributed by atoms with Crippen LogP contribution in [0, 0.1) is 13.8 Å². The summed E-state index contributed by atoms with van der Waals surface area (Å²) in [4.78, 5) is 26.7. The molecule has 5 nitrogen and oxygen atoms in total. The lowest BCUT2D eigenvalue weighted by Gasteiger charge is -2.11. The van der Waals surface area contributed by atoms with Gasteiger partial charge in [0.1, 0.15) is 5.69 Å². The highest BCUT2D eigenvalue weighted by molar-refractivity contribution is 5.90. The summed E-state index contributed by atoms with van der Waals surface area (Å²) in [7, 11) is 0. The second-order valence-corrected chi connectivity index (χ2v) is 5.33. The molecule has 1 atom stereocenters. The van der Waals surface area contributed by atoms with E-state index in [0.29, 0.717) is 25.1 Å². The molecule has 1 amide bonds. The molecule has 5 heteroatoms. The van der Waals surface area contributed by atoms with Crippen LogP contribution in [0.25, 0.3) is 0 Å². The number of nitrogens with one attached hydrogen (secondary N) is 2. The molecule has 21 heavy (non-hydrogen) atoms. The van der Waals surface area contributed by atoms with Crippen LogP contribution >= 0.6 is 0 Å². The van der Waals surface area contributed by atoms with Gasteiger partial charge in [-0.15, -0.1) is 0 Å². The first-order valence-electron chi connectivity index (χ1n) is 7.55. The monoisotopic (exact) mass is 294 g/mol. The van der Waals surface area contributed by atoms with Crippen molar-refractivity contribution >= 4 is 11.9 Å². The van der Waals surface area contributed by atoms with E-state index in [4.69, 9.17) is 4.74 Å². The smallest absolute Gasteiger partial charge is 0.355 e. The molecule has 2 N–H and O–H groups in total. The summed E-state index contributed by atoms with van der Waals surface area (Å²) >= 11 is 0. The number of aromatic amines is 1. The third-order valence-corrected chi connectivity index (χ3v) is 3.69. The van der Waals surface area contributed by atoms with E-state index in [9.17, 15) is 9.59 Å². The predicted molar refractivity (Wildman–Crippen MR) is 82.4 cm³/mol. The Morgan fingerprint density at radius 3 is 2.52 bits per heavy atom. The lowest BCUT2D eigenvalue weighted by Crippen LogP contribution is -2.32. The molecule has 1 unspecified atom stereocenters. The molecule has 1 aromatic heterocycles. The number of rotatable bonds is 7. The maximum atomic E-state index is 11.8. The van der Waals surface area contributed by atoms with Crippen LogP contribution in [0.5, 0.6) is 0 Å². The van der Waals surface area contributed by atoms with Gasteiger partial charge in [-0.05, 0) is 51.7 Å². The zero-order valence-corrected chi connectivity index (χ0v) is 13.6. The van der Waals surface area contributed by atoms with Crippen LogP contribution < -0.4 is 5.32 Å². The van der Waals surface area contributed by atoms with E-state index in [2.05, 4.69) is 10.3 Å². The van der Waals surface area contributed by atoms with E-state index in [1.54, 1.807) is 6.92 Å². The first kappa shape index (κ1) is 17.3. The average Bonchev–Trinajstić information content (AvgIpc) is 2.72. The van der Waals surface area contributed by atoms with Crippen molar-refractivity contribution in [1.82, 2.24) is 10.3 Å². The summed E-state index contributed by atoms with van der Waals surface area (Å²) in [5.74, 6) is -0.296. The van der Waals surface area contributed by atoms with Gasteiger partial charge in [-0.25, -0.2) is 4.79 Å². The number of hydrogen-bond donors (Lipinski definition) is 2. The molecule has 118 valence electrons. The molecule has 0 saturated carbocycles. The highest BCUT2D eigenvalue weighted by Crippen LogP contribution is 2.20. The van der Waals surface area contributed by atoms with Crippen molar-refractivity contribution < 1.29 is 14.3 Å². The zero-order valence-electron chi connectivity index (χ0n) is 13.6. The maximum absolute atomic E-state index is 11.8. The zero-order chi connectivity index (χ0) is 16.0. The second kappa shape index (κ2) is 7.86. The van der Waals surface area contributed by atoms with Gasteiger partial charge in [-0.1, -0.05) is 6.92 Å². The normalized spacial score (nSPS) is 12.0. The fourth-order valence-corrected chi connectivity index (χ4v) is 2.26. The topological polar surface area (TPSA) is 71.2 Å².